The van der Waals surface area contributed by atoms with Crippen LogP contribution in [-0.2, 0) is 19.1 Å². The van der Waals surface area contributed by atoms with Gasteiger partial charge in [0.1, 0.15) is 12.7 Å². The lowest BCUT2D eigenvalue weighted by Gasteiger charge is -2.61. The molecule has 4 saturated carbocycles. The van der Waals surface area contributed by atoms with Crippen molar-refractivity contribution in [3.8, 4) is 0 Å². The summed E-state index contributed by atoms with van der Waals surface area (Å²) in [6, 6.07) is 0. The topological polar surface area (TPSA) is 72.8 Å². The molecule has 4 aliphatic carbocycles. The van der Waals surface area contributed by atoms with E-state index in [-0.39, 0.29) is 36.0 Å². The molecule has 0 amide bonds. The molecule has 0 saturated heterocycles. The van der Waals surface area contributed by atoms with E-state index < -0.39 is 6.10 Å². The maximum Gasteiger partial charge on any atom is 0.302 e. The molecule has 5 heteroatoms. The number of hydrogen-bond acceptors (Lipinski definition) is 5. The van der Waals surface area contributed by atoms with Crippen LogP contribution >= 0.6 is 0 Å². The number of fused-ring (bicyclic) bond motifs is 5. The highest BCUT2D eigenvalue weighted by atomic mass is 16.5. The Bertz CT molecular complexity index is 676. The lowest BCUT2D eigenvalue weighted by Crippen LogP contribution is -2.54. The van der Waals surface area contributed by atoms with Gasteiger partial charge in [-0.2, -0.15) is 0 Å². The second-order valence-electron chi connectivity index (χ2n) is 11.3. The van der Waals surface area contributed by atoms with E-state index in [1.165, 1.54) is 46.0 Å². The van der Waals surface area contributed by atoms with Gasteiger partial charge < -0.3 is 14.6 Å². The fourth-order valence-electron chi connectivity index (χ4n) is 8.55. The number of ether oxygens (including phenoxy) is 2. The second kappa shape index (κ2) is 8.11. The van der Waals surface area contributed by atoms with Gasteiger partial charge in [0.2, 0.25) is 0 Å². The van der Waals surface area contributed by atoms with Gasteiger partial charge in [0.15, 0.2) is 0 Å². The Kier molecular flexibility index (Phi) is 5.97. The van der Waals surface area contributed by atoms with E-state index in [0.717, 1.165) is 37.5 Å². The lowest BCUT2D eigenvalue weighted by atomic mass is 9.44. The molecule has 0 aliphatic heterocycles. The van der Waals surface area contributed by atoms with E-state index in [2.05, 4.69) is 13.8 Å². The molecule has 0 heterocycles. The molecular weight excluding hydrogens is 380 g/mol. The van der Waals surface area contributed by atoms with Crippen molar-refractivity contribution in [2.24, 2.45) is 40.4 Å². The molecule has 1 unspecified atom stereocenters. The van der Waals surface area contributed by atoms with Crippen LogP contribution in [-0.4, -0.2) is 35.9 Å². The zero-order valence-electron chi connectivity index (χ0n) is 19.2. The summed E-state index contributed by atoms with van der Waals surface area (Å²) in [5.41, 5.74) is 0.508. The summed E-state index contributed by atoms with van der Waals surface area (Å²) in [5.74, 6) is 2.58. The van der Waals surface area contributed by atoms with Gasteiger partial charge in [0.25, 0.3) is 0 Å². The molecule has 30 heavy (non-hydrogen) atoms. The van der Waals surface area contributed by atoms with Crippen LogP contribution in [0.25, 0.3) is 0 Å². The van der Waals surface area contributed by atoms with Crippen molar-refractivity contribution < 1.29 is 24.2 Å². The highest BCUT2D eigenvalue weighted by Crippen LogP contribution is 2.67. The summed E-state index contributed by atoms with van der Waals surface area (Å²) in [4.78, 5) is 22.6. The first-order valence-corrected chi connectivity index (χ1v) is 12.1. The molecule has 0 aromatic carbocycles. The van der Waals surface area contributed by atoms with Crippen molar-refractivity contribution in [3.05, 3.63) is 0 Å². The third-order valence-electron chi connectivity index (χ3n) is 9.95. The van der Waals surface area contributed by atoms with Crippen LogP contribution in [0.5, 0.6) is 0 Å². The zero-order chi connectivity index (χ0) is 21.7. The largest absolute Gasteiger partial charge is 0.463 e. The van der Waals surface area contributed by atoms with Crippen LogP contribution in [0.4, 0.5) is 0 Å². The standard InChI is InChI=1S/C25H40O5/c1-15(26)29-14-23(28)22-8-7-20-19-6-5-17-13-18(30-16(2)27)9-11-24(17,3)21(19)10-12-25(20,22)4/h17-23,28H,5-14H2,1-4H3/t17?,18-,19-,20-,21-,22+,23-,24-,25-/m0/s1. The van der Waals surface area contributed by atoms with Crippen molar-refractivity contribution in [1.29, 1.82) is 0 Å². The molecule has 0 aromatic rings. The summed E-state index contributed by atoms with van der Waals surface area (Å²) in [6.07, 6.45) is 9.90. The van der Waals surface area contributed by atoms with E-state index in [0.29, 0.717) is 17.3 Å². The molecule has 9 atom stereocenters. The SMILES string of the molecule is CC(=O)OC[C@H](O)[C@H]1CC[C@H]2[C@@H]3CCC4C[C@@H](OC(C)=O)CC[C@]4(C)[C@H]3CC[C@]12C. The number of aliphatic hydroxyl groups is 1. The molecule has 0 aromatic heterocycles. The predicted molar refractivity (Wildman–Crippen MR) is 113 cm³/mol. The molecule has 4 fully saturated rings. The average molecular weight is 421 g/mol. The minimum atomic E-state index is -0.549. The Morgan fingerprint density at radius 3 is 2.33 bits per heavy atom. The summed E-state index contributed by atoms with van der Waals surface area (Å²) in [7, 11) is 0. The Morgan fingerprint density at radius 2 is 1.63 bits per heavy atom. The first kappa shape index (κ1) is 22.1. The first-order valence-electron chi connectivity index (χ1n) is 12.1. The number of rotatable bonds is 4. The predicted octanol–water partition coefficient (Wildman–Crippen LogP) is 4.50. The summed E-state index contributed by atoms with van der Waals surface area (Å²) in [5, 5.41) is 10.8. The average Bonchev–Trinajstić information content (AvgIpc) is 3.03. The second-order valence-corrected chi connectivity index (χ2v) is 11.3. The monoisotopic (exact) mass is 420 g/mol. The normalized spacial score (nSPS) is 46.2. The van der Waals surface area contributed by atoms with Crippen molar-refractivity contribution in [3.63, 3.8) is 0 Å². The molecule has 0 bridgehead atoms. The maximum absolute atomic E-state index is 11.4. The summed E-state index contributed by atoms with van der Waals surface area (Å²) in [6.45, 7) is 7.98. The van der Waals surface area contributed by atoms with Gasteiger partial charge in [0, 0.05) is 13.8 Å². The van der Waals surface area contributed by atoms with Crippen LogP contribution in [0.3, 0.4) is 0 Å². The van der Waals surface area contributed by atoms with Crippen molar-refractivity contribution in [1.82, 2.24) is 0 Å². The fraction of sp³-hybridized carbons (Fsp3) is 0.920. The summed E-state index contributed by atoms with van der Waals surface area (Å²) >= 11 is 0. The van der Waals surface area contributed by atoms with E-state index in [1.54, 1.807) is 0 Å². The highest BCUT2D eigenvalue weighted by Gasteiger charge is 2.61. The van der Waals surface area contributed by atoms with Gasteiger partial charge >= 0.3 is 11.9 Å². The molecule has 5 nitrogen and oxygen atoms in total. The van der Waals surface area contributed by atoms with Gasteiger partial charge in [0.05, 0.1) is 6.10 Å². The maximum atomic E-state index is 11.4. The van der Waals surface area contributed by atoms with Gasteiger partial charge in [-0.1, -0.05) is 13.8 Å². The number of esters is 2. The van der Waals surface area contributed by atoms with E-state index in [4.69, 9.17) is 9.47 Å². The van der Waals surface area contributed by atoms with Crippen LogP contribution < -0.4 is 0 Å². The van der Waals surface area contributed by atoms with Crippen LogP contribution in [0.2, 0.25) is 0 Å². The number of carbonyl (C=O) groups is 2. The fourth-order valence-corrected chi connectivity index (χ4v) is 8.55. The number of hydrogen-bond donors (Lipinski definition) is 1. The Hall–Kier alpha value is -1.10. The highest BCUT2D eigenvalue weighted by molar-refractivity contribution is 5.66. The molecule has 4 aliphatic rings. The molecule has 0 radical (unpaired) electrons. The minimum absolute atomic E-state index is 0.110. The van der Waals surface area contributed by atoms with Gasteiger partial charge in [-0.05, 0) is 98.2 Å². The van der Waals surface area contributed by atoms with Gasteiger partial charge in [-0.25, -0.2) is 0 Å². The van der Waals surface area contributed by atoms with Crippen molar-refractivity contribution >= 4 is 11.9 Å². The Balaban J connectivity index is 1.47. The molecule has 170 valence electrons. The van der Waals surface area contributed by atoms with E-state index in [1.807, 2.05) is 0 Å². The Labute approximate surface area is 181 Å². The summed E-state index contributed by atoms with van der Waals surface area (Å²) < 4.78 is 10.7. The van der Waals surface area contributed by atoms with E-state index in [9.17, 15) is 14.7 Å². The number of carbonyl (C=O) groups excluding carboxylic acids is 2. The third kappa shape index (κ3) is 3.69. The van der Waals surface area contributed by atoms with Gasteiger partial charge in [-0.15, -0.1) is 0 Å². The molecule has 1 N–H and O–H groups in total. The van der Waals surface area contributed by atoms with Crippen molar-refractivity contribution in [2.45, 2.75) is 97.7 Å². The Morgan fingerprint density at radius 1 is 0.933 bits per heavy atom. The van der Waals surface area contributed by atoms with E-state index >= 15 is 0 Å². The quantitative estimate of drug-likeness (QED) is 0.678. The molecule has 4 rings (SSSR count). The number of aliphatic hydroxyl groups excluding tert-OH is 1. The third-order valence-corrected chi connectivity index (χ3v) is 9.95. The minimum Gasteiger partial charge on any atom is -0.463 e. The first-order chi connectivity index (χ1) is 14.1. The van der Waals surface area contributed by atoms with Crippen molar-refractivity contribution in [2.75, 3.05) is 6.61 Å². The molecular formula is C25H40O5. The van der Waals surface area contributed by atoms with Crippen LogP contribution in [0.1, 0.15) is 85.5 Å². The smallest absolute Gasteiger partial charge is 0.302 e. The van der Waals surface area contributed by atoms with Crippen LogP contribution in [0.15, 0.2) is 0 Å². The lowest BCUT2D eigenvalue weighted by molar-refractivity contribution is -0.162. The zero-order valence-corrected chi connectivity index (χ0v) is 19.2. The van der Waals surface area contributed by atoms with Crippen LogP contribution in [0, 0.1) is 40.4 Å². The van der Waals surface area contributed by atoms with Gasteiger partial charge in [-0.3, -0.25) is 9.59 Å². The molecule has 0 spiro atoms.